The predicted molar refractivity (Wildman–Crippen MR) is 238 cm³/mol. The maximum Gasteiger partial charge on any atom is 0.311 e. The SMILES string of the molecule is CCCCC(=O)[NH2+]C1(C(=O)NC(Cc2ccccc2)C(=O)NC(CCCN=C(N)N)C(=O)NC(Cc2c[nH]c3ccccc23)C(=O)NCC(N)=O)CCC(C2CCCCC2)CC1. The van der Waals surface area contributed by atoms with Crippen LogP contribution in [0.25, 0.3) is 10.9 Å². The van der Waals surface area contributed by atoms with Crippen molar-refractivity contribution in [2.45, 2.75) is 133 Å². The van der Waals surface area contributed by atoms with Crippen LogP contribution in [-0.2, 0) is 41.6 Å². The van der Waals surface area contributed by atoms with Crippen molar-refractivity contribution in [3.05, 3.63) is 71.9 Å². The molecule has 2 fully saturated rings. The third-order valence-electron chi connectivity index (χ3n) is 12.6. The Labute approximate surface area is 364 Å². The number of unbranched alkanes of at least 4 members (excludes halogenated alkanes) is 1. The molecule has 0 bridgehead atoms. The van der Waals surface area contributed by atoms with Gasteiger partial charge in [-0.2, -0.15) is 0 Å². The molecule has 5 rings (SSSR count). The van der Waals surface area contributed by atoms with Crippen LogP contribution in [0.1, 0.15) is 108 Å². The molecule has 0 aliphatic heterocycles. The summed E-state index contributed by atoms with van der Waals surface area (Å²) < 4.78 is 0. The third kappa shape index (κ3) is 13.9. The maximum atomic E-state index is 14.7. The first-order valence-corrected chi connectivity index (χ1v) is 22.4. The highest BCUT2D eigenvalue weighted by Gasteiger charge is 2.49. The van der Waals surface area contributed by atoms with Gasteiger partial charge in [0.15, 0.2) is 11.5 Å². The number of guanidine groups is 1. The van der Waals surface area contributed by atoms with Gasteiger partial charge in [-0.05, 0) is 61.1 Å². The Morgan fingerprint density at radius 1 is 0.774 bits per heavy atom. The largest absolute Gasteiger partial charge is 0.370 e. The van der Waals surface area contributed by atoms with Crippen molar-refractivity contribution in [3.8, 4) is 0 Å². The van der Waals surface area contributed by atoms with Crippen LogP contribution in [-0.4, -0.2) is 83.1 Å². The zero-order valence-electron chi connectivity index (χ0n) is 36.1. The van der Waals surface area contributed by atoms with Gasteiger partial charge in [-0.3, -0.25) is 34.3 Å². The Kier molecular flexibility index (Phi) is 17.9. The van der Waals surface area contributed by atoms with E-state index in [1.54, 1.807) is 11.5 Å². The summed E-state index contributed by atoms with van der Waals surface area (Å²) in [6.07, 6.45) is 13.0. The summed E-state index contributed by atoms with van der Waals surface area (Å²) in [6.45, 7) is 1.74. The predicted octanol–water partition coefficient (Wildman–Crippen LogP) is 1.85. The first-order chi connectivity index (χ1) is 29.9. The molecule has 0 spiro atoms. The maximum absolute atomic E-state index is 14.7. The lowest BCUT2D eigenvalue weighted by atomic mass is 9.68. The fourth-order valence-electron chi connectivity index (χ4n) is 9.11. The topological polar surface area (TPSA) is 273 Å². The summed E-state index contributed by atoms with van der Waals surface area (Å²) >= 11 is 0. The van der Waals surface area contributed by atoms with E-state index in [0.717, 1.165) is 47.7 Å². The van der Waals surface area contributed by atoms with Crippen LogP contribution in [0.2, 0.25) is 0 Å². The zero-order valence-corrected chi connectivity index (χ0v) is 36.1. The second-order valence-electron chi connectivity index (χ2n) is 17.1. The second kappa shape index (κ2) is 23.4. The van der Waals surface area contributed by atoms with E-state index in [4.69, 9.17) is 17.2 Å². The molecule has 3 aromatic rings. The molecule has 0 radical (unpaired) electrons. The Hall–Kier alpha value is -5.77. The number of aromatic nitrogens is 1. The van der Waals surface area contributed by atoms with Crippen molar-refractivity contribution < 1.29 is 34.1 Å². The number of aromatic amines is 1. The number of quaternary nitrogens is 1. The Morgan fingerprint density at radius 3 is 2.11 bits per heavy atom. The van der Waals surface area contributed by atoms with Crippen molar-refractivity contribution in [2.24, 2.45) is 34.0 Å². The molecule has 1 aromatic heterocycles. The van der Waals surface area contributed by atoms with Gasteiger partial charge in [-0.15, -0.1) is 0 Å². The average Bonchev–Trinajstić information content (AvgIpc) is 3.68. The summed E-state index contributed by atoms with van der Waals surface area (Å²) in [5.74, 6) is -2.13. The van der Waals surface area contributed by atoms with Crippen molar-refractivity contribution in [2.75, 3.05) is 13.1 Å². The summed E-state index contributed by atoms with van der Waals surface area (Å²) in [5, 5.41) is 13.7. The number of hydrogen-bond donors (Lipinski definition) is 9. The summed E-state index contributed by atoms with van der Waals surface area (Å²) in [5.41, 5.74) is 17.8. The average molecular weight is 856 g/mol. The number of primary amides is 2. The number of para-hydroxylation sites is 1. The molecule has 2 saturated carbocycles. The van der Waals surface area contributed by atoms with Gasteiger partial charge in [0.2, 0.25) is 23.6 Å². The van der Waals surface area contributed by atoms with Gasteiger partial charge < -0.3 is 43.5 Å². The van der Waals surface area contributed by atoms with Crippen molar-refractivity contribution >= 4 is 52.3 Å². The number of carbonyl (C=O) groups excluding carboxylic acids is 6. The van der Waals surface area contributed by atoms with E-state index < -0.39 is 53.8 Å². The third-order valence-corrected chi connectivity index (χ3v) is 12.6. The molecule has 13 N–H and O–H groups in total. The number of rotatable bonds is 22. The standard InChI is InChI=1S/C46H66N10O6/c1-2-3-20-40(58)56-46(23-21-32(22-24-46)31-15-8-5-9-16-31)44(62)55-37(26-30-13-6-4-7-14-30)43(61)53-36(19-12-25-50-45(48)49)42(60)54-38(41(59)52-29-39(47)57)27-33-28-51-35-18-11-10-17-34(33)35/h4,6-7,10-11,13-14,17-18,28,31-32,36-38,51H,2-3,5,8-9,12,15-16,19-27,29H2,1H3,(H2,47,57)(H,52,59)(H,53,61)(H,54,60)(H,55,62)(H,56,58)(H4,48,49,50)/p+1. The minimum Gasteiger partial charge on any atom is -0.370 e. The molecular weight excluding hydrogens is 789 g/mol. The van der Waals surface area contributed by atoms with Gasteiger partial charge >= 0.3 is 5.91 Å². The molecule has 2 aliphatic carbocycles. The van der Waals surface area contributed by atoms with Crippen molar-refractivity contribution in [1.29, 1.82) is 0 Å². The van der Waals surface area contributed by atoms with Crippen LogP contribution in [0.15, 0.2) is 65.8 Å². The molecule has 0 saturated heterocycles. The monoisotopic (exact) mass is 856 g/mol. The molecule has 2 aliphatic rings. The number of fused-ring (bicyclic) bond motifs is 1. The van der Waals surface area contributed by atoms with Gasteiger partial charge in [0.1, 0.15) is 18.1 Å². The number of nitrogens with zero attached hydrogens (tertiary/aromatic N) is 1. The first-order valence-electron chi connectivity index (χ1n) is 22.4. The van der Waals surface area contributed by atoms with E-state index in [1.165, 1.54) is 32.1 Å². The van der Waals surface area contributed by atoms with Crippen LogP contribution in [0.4, 0.5) is 0 Å². The summed E-state index contributed by atoms with van der Waals surface area (Å²) in [4.78, 5) is 89.3. The number of benzene rings is 2. The lowest BCUT2D eigenvalue weighted by molar-refractivity contribution is -0.637. The highest BCUT2D eigenvalue weighted by Crippen LogP contribution is 2.40. The Balaban J connectivity index is 1.40. The molecule has 1 heterocycles. The Bertz CT molecular complexity index is 2000. The van der Waals surface area contributed by atoms with E-state index in [2.05, 4.69) is 31.2 Å². The molecule has 62 heavy (non-hydrogen) atoms. The molecular formula is C46H67N10O6+. The number of H-pyrrole nitrogens is 1. The van der Waals surface area contributed by atoms with Crippen LogP contribution >= 0.6 is 0 Å². The van der Waals surface area contributed by atoms with E-state index >= 15 is 0 Å². The number of nitrogens with one attached hydrogen (secondary N) is 5. The molecule has 6 amide bonds. The fraction of sp³-hybridized carbons (Fsp3) is 0.543. The van der Waals surface area contributed by atoms with E-state index in [9.17, 15) is 28.8 Å². The number of carbonyl (C=O) groups is 6. The van der Waals surface area contributed by atoms with Gasteiger partial charge in [0, 0.05) is 49.3 Å². The minimum atomic E-state index is -1.19. The second-order valence-corrected chi connectivity index (χ2v) is 17.1. The van der Waals surface area contributed by atoms with Crippen LogP contribution in [0.3, 0.4) is 0 Å². The molecule has 2 aromatic carbocycles. The molecule has 3 unspecified atom stereocenters. The van der Waals surface area contributed by atoms with E-state index in [1.807, 2.05) is 61.5 Å². The number of nitrogens with two attached hydrogens (primary N) is 4. The molecule has 336 valence electrons. The molecule has 16 nitrogen and oxygen atoms in total. The van der Waals surface area contributed by atoms with Crippen LogP contribution in [0.5, 0.6) is 0 Å². The molecule has 16 heteroatoms. The summed E-state index contributed by atoms with van der Waals surface area (Å²) in [6, 6.07) is 13.3. The lowest BCUT2D eigenvalue weighted by Gasteiger charge is -2.40. The van der Waals surface area contributed by atoms with Crippen molar-refractivity contribution in [3.63, 3.8) is 0 Å². The fourth-order valence-corrected chi connectivity index (χ4v) is 9.11. The first kappa shape index (κ1) is 47.3. The van der Waals surface area contributed by atoms with Crippen molar-refractivity contribution in [1.82, 2.24) is 26.3 Å². The smallest absolute Gasteiger partial charge is 0.311 e. The zero-order chi connectivity index (χ0) is 44.5. The normalized spacial score (nSPS) is 19.3. The van der Waals surface area contributed by atoms with E-state index in [0.29, 0.717) is 31.1 Å². The Morgan fingerprint density at radius 2 is 1.42 bits per heavy atom. The molecule has 3 atom stereocenters. The number of hydrogen-bond acceptors (Lipinski definition) is 7. The quantitative estimate of drug-likeness (QED) is 0.0408. The van der Waals surface area contributed by atoms with Gasteiger partial charge in [-0.1, -0.05) is 94.0 Å². The van der Waals surface area contributed by atoms with Crippen LogP contribution in [0, 0.1) is 11.8 Å². The van der Waals surface area contributed by atoms with Gasteiger partial charge in [-0.25, -0.2) is 4.79 Å². The lowest BCUT2D eigenvalue weighted by Crippen LogP contribution is -3.02. The van der Waals surface area contributed by atoms with E-state index in [-0.39, 0.29) is 50.0 Å². The summed E-state index contributed by atoms with van der Waals surface area (Å²) in [7, 11) is 0. The minimum absolute atomic E-state index is 0.0544. The van der Waals surface area contributed by atoms with Gasteiger partial charge in [0.25, 0.3) is 5.91 Å². The van der Waals surface area contributed by atoms with Gasteiger partial charge in [0.05, 0.1) is 13.0 Å². The number of amides is 6. The highest BCUT2D eigenvalue weighted by molar-refractivity contribution is 5.96. The van der Waals surface area contributed by atoms with Crippen LogP contribution < -0.4 is 43.8 Å². The number of aliphatic imine (C=N–C) groups is 1. The highest BCUT2D eigenvalue weighted by atomic mass is 16.2.